The molecule has 4 heteroatoms. The van der Waals surface area contributed by atoms with Crippen LogP contribution in [0.5, 0.6) is 5.75 Å². The van der Waals surface area contributed by atoms with Gasteiger partial charge in [-0.15, -0.1) is 0 Å². The molecule has 0 bridgehead atoms. The van der Waals surface area contributed by atoms with E-state index in [1.165, 1.54) is 0 Å². The first-order valence-electron chi connectivity index (χ1n) is 6.16. The van der Waals surface area contributed by atoms with E-state index < -0.39 is 0 Å². The van der Waals surface area contributed by atoms with E-state index in [2.05, 4.69) is 17.2 Å². The number of ether oxygens (including phenoxy) is 1. The SMILES string of the molecule is CCC(N)CNc1nccc2cc(OC)ccc12. The molecule has 1 aromatic carbocycles. The van der Waals surface area contributed by atoms with Gasteiger partial charge in [0.2, 0.25) is 0 Å². The Balaban J connectivity index is 2.28. The number of hydrogen-bond donors (Lipinski definition) is 2. The molecule has 1 unspecified atom stereocenters. The molecule has 1 heterocycles. The molecule has 0 radical (unpaired) electrons. The molecule has 0 aliphatic heterocycles. The molecule has 1 aromatic heterocycles. The van der Waals surface area contributed by atoms with E-state index in [4.69, 9.17) is 10.5 Å². The lowest BCUT2D eigenvalue weighted by molar-refractivity contribution is 0.415. The minimum absolute atomic E-state index is 0.153. The number of nitrogens with two attached hydrogens (primary N) is 1. The summed E-state index contributed by atoms with van der Waals surface area (Å²) in [7, 11) is 1.67. The third-order valence-electron chi connectivity index (χ3n) is 3.03. The number of nitrogens with zero attached hydrogens (tertiary/aromatic N) is 1. The summed E-state index contributed by atoms with van der Waals surface area (Å²) in [5, 5.41) is 5.49. The summed E-state index contributed by atoms with van der Waals surface area (Å²) in [5.41, 5.74) is 5.90. The summed E-state index contributed by atoms with van der Waals surface area (Å²) in [5.74, 6) is 1.73. The van der Waals surface area contributed by atoms with Crippen LogP contribution in [0.15, 0.2) is 30.5 Å². The third-order valence-corrected chi connectivity index (χ3v) is 3.03. The van der Waals surface area contributed by atoms with Gasteiger partial charge in [0.05, 0.1) is 7.11 Å². The summed E-state index contributed by atoms with van der Waals surface area (Å²) in [4.78, 5) is 4.36. The molecular weight excluding hydrogens is 226 g/mol. The van der Waals surface area contributed by atoms with Gasteiger partial charge >= 0.3 is 0 Å². The molecule has 0 saturated carbocycles. The number of anilines is 1. The normalized spacial score (nSPS) is 12.4. The van der Waals surface area contributed by atoms with Gasteiger partial charge in [-0.3, -0.25) is 0 Å². The Labute approximate surface area is 107 Å². The third kappa shape index (κ3) is 2.71. The molecular formula is C14H19N3O. The number of aromatic nitrogens is 1. The largest absolute Gasteiger partial charge is 0.497 e. The molecule has 96 valence electrons. The Hall–Kier alpha value is -1.81. The Kier molecular flexibility index (Phi) is 3.99. The summed E-state index contributed by atoms with van der Waals surface area (Å²) < 4.78 is 5.22. The monoisotopic (exact) mass is 245 g/mol. The van der Waals surface area contributed by atoms with Gasteiger partial charge in [-0.1, -0.05) is 6.92 Å². The second kappa shape index (κ2) is 5.69. The summed E-state index contributed by atoms with van der Waals surface area (Å²) in [6.07, 6.45) is 2.74. The zero-order valence-corrected chi connectivity index (χ0v) is 10.8. The average Bonchev–Trinajstić information content (AvgIpc) is 2.43. The predicted molar refractivity (Wildman–Crippen MR) is 75.1 cm³/mol. The Morgan fingerprint density at radius 3 is 2.94 bits per heavy atom. The zero-order valence-electron chi connectivity index (χ0n) is 10.8. The van der Waals surface area contributed by atoms with Crippen LogP contribution in [0.4, 0.5) is 5.82 Å². The summed E-state index contributed by atoms with van der Waals surface area (Å²) in [6, 6.07) is 8.08. The number of pyridine rings is 1. The maximum absolute atomic E-state index is 5.90. The van der Waals surface area contributed by atoms with Crippen LogP contribution in [-0.4, -0.2) is 24.7 Å². The fourth-order valence-corrected chi connectivity index (χ4v) is 1.80. The van der Waals surface area contributed by atoms with Gasteiger partial charge in [0, 0.05) is 24.2 Å². The van der Waals surface area contributed by atoms with Crippen molar-refractivity contribution in [3.8, 4) is 5.75 Å². The second-order valence-electron chi connectivity index (χ2n) is 4.30. The van der Waals surface area contributed by atoms with E-state index in [1.54, 1.807) is 13.3 Å². The Morgan fingerprint density at radius 2 is 2.22 bits per heavy atom. The molecule has 2 aromatic rings. The molecule has 0 saturated heterocycles. The van der Waals surface area contributed by atoms with E-state index in [0.717, 1.165) is 35.3 Å². The van der Waals surface area contributed by atoms with Crippen molar-refractivity contribution in [1.82, 2.24) is 4.98 Å². The highest BCUT2D eigenvalue weighted by atomic mass is 16.5. The van der Waals surface area contributed by atoms with Crippen LogP contribution in [0.1, 0.15) is 13.3 Å². The van der Waals surface area contributed by atoms with Crippen LogP contribution < -0.4 is 15.8 Å². The fourth-order valence-electron chi connectivity index (χ4n) is 1.80. The highest BCUT2D eigenvalue weighted by molar-refractivity contribution is 5.92. The zero-order chi connectivity index (χ0) is 13.0. The second-order valence-corrected chi connectivity index (χ2v) is 4.30. The molecule has 4 nitrogen and oxygen atoms in total. The van der Waals surface area contributed by atoms with Gasteiger partial charge in [0.15, 0.2) is 0 Å². The van der Waals surface area contributed by atoms with E-state index in [9.17, 15) is 0 Å². The number of methoxy groups -OCH3 is 1. The predicted octanol–water partition coefficient (Wildman–Crippen LogP) is 2.39. The van der Waals surface area contributed by atoms with Crippen LogP contribution in [-0.2, 0) is 0 Å². The maximum Gasteiger partial charge on any atom is 0.133 e. The molecule has 0 spiro atoms. The highest BCUT2D eigenvalue weighted by Gasteiger charge is 2.05. The fraction of sp³-hybridized carbons (Fsp3) is 0.357. The molecule has 0 aliphatic carbocycles. The highest BCUT2D eigenvalue weighted by Crippen LogP contribution is 2.25. The minimum atomic E-state index is 0.153. The van der Waals surface area contributed by atoms with Crippen molar-refractivity contribution in [3.05, 3.63) is 30.5 Å². The smallest absolute Gasteiger partial charge is 0.133 e. The average molecular weight is 245 g/mol. The first-order valence-corrected chi connectivity index (χ1v) is 6.16. The van der Waals surface area contributed by atoms with Crippen molar-refractivity contribution in [2.75, 3.05) is 19.0 Å². The first kappa shape index (κ1) is 12.6. The standard InChI is InChI=1S/C14H19N3O/c1-3-11(15)9-17-14-13-5-4-12(18-2)8-10(13)6-7-16-14/h4-8,11H,3,9,15H2,1-2H3,(H,16,17). The van der Waals surface area contributed by atoms with E-state index in [0.29, 0.717) is 0 Å². The van der Waals surface area contributed by atoms with Crippen molar-refractivity contribution in [1.29, 1.82) is 0 Å². The van der Waals surface area contributed by atoms with Crippen LogP contribution in [0, 0.1) is 0 Å². The lowest BCUT2D eigenvalue weighted by atomic mass is 10.1. The number of benzene rings is 1. The summed E-state index contributed by atoms with van der Waals surface area (Å²) >= 11 is 0. The number of nitrogens with one attached hydrogen (secondary N) is 1. The molecule has 0 fully saturated rings. The van der Waals surface area contributed by atoms with E-state index >= 15 is 0 Å². The van der Waals surface area contributed by atoms with Gasteiger partial charge in [-0.2, -0.15) is 0 Å². The van der Waals surface area contributed by atoms with E-state index in [1.807, 2.05) is 24.3 Å². The molecule has 0 amide bonds. The molecule has 18 heavy (non-hydrogen) atoms. The van der Waals surface area contributed by atoms with Gasteiger partial charge in [-0.05, 0) is 36.1 Å². The van der Waals surface area contributed by atoms with Gasteiger partial charge in [-0.25, -0.2) is 4.98 Å². The van der Waals surface area contributed by atoms with Gasteiger partial charge in [0.25, 0.3) is 0 Å². The lowest BCUT2D eigenvalue weighted by Crippen LogP contribution is -2.28. The first-order chi connectivity index (χ1) is 8.74. The van der Waals surface area contributed by atoms with Crippen molar-refractivity contribution in [3.63, 3.8) is 0 Å². The topological polar surface area (TPSA) is 60.2 Å². The number of hydrogen-bond acceptors (Lipinski definition) is 4. The van der Waals surface area contributed by atoms with Crippen molar-refractivity contribution in [2.45, 2.75) is 19.4 Å². The van der Waals surface area contributed by atoms with E-state index in [-0.39, 0.29) is 6.04 Å². The van der Waals surface area contributed by atoms with Crippen LogP contribution >= 0.6 is 0 Å². The quantitative estimate of drug-likeness (QED) is 0.849. The Bertz CT molecular complexity index is 527. The Morgan fingerprint density at radius 1 is 1.39 bits per heavy atom. The van der Waals surface area contributed by atoms with Crippen LogP contribution in [0.25, 0.3) is 10.8 Å². The summed E-state index contributed by atoms with van der Waals surface area (Å²) in [6.45, 7) is 2.81. The number of fused-ring (bicyclic) bond motifs is 1. The van der Waals surface area contributed by atoms with Crippen molar-refractivity contribution in [2.24, 2.45) is 5.73 Å². The minimum Gasteiger partial charge on any atom is -0.497 e. The lowest BCUT2D eigenvalue weighted by Gasteiger charge is -2.13. The number of rotatable bonds is 5. The molecule has 0 aliphatic rings. The van der Waals surface area contributed by atoms with Crippen molar-refractivity contribution >= 4 is 16.6 Å². The van der Waals surface area contributed by atoms with Gasteiger partial charge < -0.3 is 15.8 Å². The van der Waals surface area contributed by atoms with Crippen molar-refractivity contribution < 1.29 is 4.74 Å². The molecule has 1 atom stereocenters. The van der Waals surface area contributed by atoms with Crippen LogP contribution in [0.2, 0.25) is 0 Å². The van der Waals surface area contributed by atoms with Gasteiger partial charge in [0.1, 0.15) is 11.6 Å². The molecule has 2 rings (SSSR count). The van der Waals surface area contributed by atoms with Crippen LogP contribution in [0.3, 0.4) is 0 Å². The maximum atomic E-state index is 5.90. The molecule has 3 N–H and O–H groups in total.